The first-order valence-electron chi connectivity index (χ1n) is 8.36. The zero-order valence-corrected chi connectivity index (χ0v) is 13.4. The summed E-state index contributed by atoms with van der Waals surface area (Å²) in [6.07, 6.45) is 13.0. The summed E-state index contributed by atoms with van der Waals surface area (Å²) in [5.41, 5.74) is 0. The maximum atomic E-state index is 11.5. The quantitative estimate of drug-likeness (QED) is 0.326. The van der Waals surface area contributed by atoms with E-state index in [-0.39, 0.29) is 5.97 Å². The molecular formula is C17H34O2. The van der Waals surface area contributed by atoms with Gasteiger partial charge in [-0.05, 0) is 18.8 Å². The molecular weight excluding hydrogens is 236 g/mol. The monoisotopic (exact) mass is 270 g/mol. The lowest BCUT2D eigenvalue weighted by molar-refractivity contribution is -0.145. The Kier molecular flexibility index (Phi) is 13.5. The molecule has 0 aliphatic heterocycles. The predicted octanol–water partition coefficient (Wildman–Crippen LogP) is 5.50. The van der Waals surface area contributed by atoms with Crippen molar-refractivity contribution in [2.45, 2.75) is 91.4 Å². The fraction of sp³-hybridized carbons (Fsp3) is 0.941. The molecule has 0 aliphatic rings. The van der Waals surface area contributed by atoms with Crippen molar-refractivity contribution >= 4 is 5.97 Å². The molecule has 0 rings (SSSR count). The van der Waals surface area contributed by atoms with Crippen LogP contribution in [0.4, 0.5) is 0 Å². The van der Waals surface area contributed by atoms with Crippen LogP contribution in [0.25, 0.3) is 0 Å². The van der Waals surface area contributed by atoms with Crippen LogP contribution < -0.4 is 0 Å². The molecule has 0 aromatic carbocycles. The highest BCUT2D eigenvalue weighted by Gasteiger charge is 2.06. The highest BCUT2D eigenvalue weighted by molar-refractivity contribution is 5.69. The van der Waals surface area contributed by atoms with E-state index in [2.05, 4.69) is 20.8 Å². The van der Waals surface area contributed by atoms with Crippen molar-refractivity contribution in [1.82, 2.24) is 0 Å². The summed E-state index contributed by atoms with van der Waals surface area (Å²) in [7, 11) is 0. The molecule has 0 N–H and O–H groups in total. The van der Waals surface area contributed by atoms with Crippen LogP contribution in [0, 0.1) is 5.92 Å². The molecule has 0 saturated carbocycles. The van der Waals surface area contributed by atoms with E-state index in [0.717, 1.165) is 6.42 Å². The predicted molar refractivity (Wildman–Crippen MR) is 82.3 cm³/mol. The van der Waals surface area contributed by atoms with E-state index in [0.29, 0.717) is 18.9 Å². The number of hydrogen-bond donors (Lipinski definition) is 0. The SMILES string of the molecule is CCCCCCCCCC(=O)OCC(C)CCCC. The van der Waals surface area contributed by atoms with Gasteiger partial charge in [-0.15, -0.1) is 0 Å². The lowest BCUT2D eigenvalue weighted by Crippen LogP contribution is -2.11. The lowest BCUT2D eigenvalue weighted by atomic mass is 10.1. The van der Waals surface area contributed by atoms with Gasteiger partial charge in [-0.25, -0.2) is 0 Å². The molecule has 0 spiro atoms. The van der Waals surface area contributed by atoms with Crippen molar-refractivity contribution in [1.29, 1.82) is 0 Å². The molecule has 2 nitrogen and oxygen atoms in total. The maximum absolute atomic E-state index is 11.5. The molecule has 19 heavy (non-hydrogen) atoms. The second-order valence-corrected chi connectivity index (χ2v) is 5.80. The molecule has 2 heteroatoms. The Morgan fingerprint density at radius 1 is 0.895 bits per heavy atom. The number of unbranched alkanes of at least 4 members (excludes halogenated alkanes) is 7. The summed E-state index contributed by atoms with van der Waals surface area (Å²) in [6.45, 7) is 7.20. The molecule has 0 aromatic heterocycles. The van der Waals surface area contributed by atoms with Crippen LogP contribution in [-0.4, -0.2) is 12.6 Å². The Morgan fingerprint density at radius 2 is 1.47 bits per heavy atom. The molecule has 0 heterocycles. The van der Waals surface area contributed by atoms with Crippen molar-refractivity contribution in [2.75, 3.05) is 6.61 Å². The molecule has 0 radical (unpaired) electrons. The summed E-state index contributed by atoms with van der Waals surface area (Å²) in [4.78, 5) is 11.5. The van der Waals surface area contributed by atoms with Gasteiger partial charge in [0.2, 0.25) is 0 Å². The molecule has 0 fully saturated rings. The fourth-order valence-corrected chi connectivity index (χ4v) is 2.17. The van der Waals surface area contributed by atoms with Crippen LogP contribution >= 0.6 is 0 Å². The molecule has 0 saturated heterocycles. The molecule has 0 bridgehead atoms. The smallest absolute Gasteiger partial charge is 0.305 e. The molecule has 1 unspecified atom stereocenters. The van der Waals surface area contributed by atoms with E-state index < -0.39 is 0 Å². The topological polar surface area (TPSA) is 26.3 Å². The number of esters is 1. The van der Waals surface area contributed by atoms with Gasteiger partial charge in [0.25, 0.3) is 0 Å². The average Bonchev–Trinajstić information content (AvgIpc) is 2.41. The number of carbonyl (C=O) groups excluding carboxylic acids is 1. The molecule has 0 aromatic rings. The zero-order valence-electron chi connectivity index (χ0n) is 13.4. The fourth-order valence-electron chi connectivity index (χ4n) is 2.17. The van der Waals surface area contributed by atoms with Crippen molar-refractivity contribution in [3.63, 3.8) is 0 Å². The van der Waals surface area contributed by atoms with Gasteiger partial charge >= 0.3 is 5.97 Å². The third-order valence-corrected chi connectivity index (χ3v) is 3.56. The third kappa shape index (κ3) is 13.7. The maximum Gasteiger partial charge on any atom is 0.305 e. The molecule has 0 amide bonds. The van der Waals surface area contributed by atoms with E-state index in [1.54, 1.807) is 0 Å². The van der Waals surface area contributed by atoms with Gasteiger partial charge in [-0.1, -0.05) is 72.1 Å². The Bertz CT molecular complexity index is 201. The van der Waals surface area contributed by atoms with Crippen LogP contribution in [0.2, 0.25) is 0 Å². The summed E-state index contributed by atoms with van der Waals surface area (Å²) < 4.78 is 5.31. The molecule has 0 aliphatic carbocycles. The summed E-state index contributed by atoms with van der Waals surface area (Å²) in [5, 5.41) is 0. The van der Waals surface area contributed by atoms with Gasteiger partial charge in [-0.2, -0.15) is 0 Å². The van der Waals surface area contributed by atoms with Gasteiger partial charge in [0, 0.05) is 6.42 Å². The first kappa shape index (κ1) is 18.5. The summed E-state index contributed by atoms with van der Waals surface area (Å²) in [5.74, 6) is 0.509. The Morgan fingerprint density at radius 3 is 2.11 bits per heavy atom. The third-order valence-electron chi connectivity index (χ3n) is 3.56. The first-order valence-corrected chi connectivity index (χ1v) is 8.36. The molecule has 1 atom stereocenters. The van der Waals surface area contributed by atoms with Gasteiger partial charge in [0.1, 0.15) is 0 Å². The highest BCUT2D eigenvalue weighted by Crippen LogP contribution is 2.11. The van der Waals surface area contributed by atoms with Crippen LogP contribution in [-0.2, 0) is 9.53 Å². The number of ether oxygens (including phenoxy) is 1. The van der Waals surface area contributed by atoms with Crippen LogP contribution in [0.3, 0.4) is 0 Å². The Labute approximate surface area is 120 Å². The minimum atomic E-state index is -0.00286. The Balaban J connectivity index is 3.29. The normalized spacial score (nSPS) is 12.4. The van der Waals surface area contributed by atoms with Gasteiger partial charge in [-0.3, -0.25) is 4.79 Å². The molecule has 114 valence electrons. The van der Waals surface area contributed by atoms with E-state index >= 15 is 0 Å². The van der Waals surface area contributed by atoms with Gasteiger partial charge in [0.15, 0.2) is 0 Å². The van der Waals surface area contributed by atoms with E-state index in [4.69, 9.17) is 4.74 Å². The van der Waals surface area contributed by atoms with E-state index in [1.165, 1.54) is 57.8 Å². The largest absolute Gasteiger partial charge is 0.465 e. The number of carbonyl (C=O) groups is 1. The second-order valence-electron chi connectivity index (χ2n) is 5.80. The lowest BCUT2D eigenvalue weighted by Gasteiger charge is -2.11. The first-order chi connectivity index (χ1) is 9.20. The van der Waals surface area contributed by atoms with Crippen LogP contribution in [0.5, 0.6) is 0 Å². The van der Waals surface area contributed by atoms with Crippen molar-refractivity contribution in [3.05, 3.63) is 0 Å². The van der Waals surface area contributed by atoms with Gasteiger partial charge in [0.05, 0.1) is 6.61 Å². The summed E-state index contributed by atoms with van der Waals surface area (Å²) in [6, 6.07) is 0. The van der Waals surface area contributed by atoms with Crippen LogP contribution in [0.15, 0.2) is 0 Å². The van der Waals surface area contributed by atoms with Crippen molar-refractivity contribution in [3.8, 4) is 0 Å². The van der Waals surface area contributed by atoms with E-state index in [9.17, 15) is 4.79 Å². The second kappa shape index (κ2) is 13.9. The zero-order chi connectivity index (χ0) is 14.3. The average molecular weight is 270 g/mol. The Hall–Kier alpha value is -0.530. The highest BCUT2D eigenvalue weighted by atomic mass is 16.5. The van der Waals surface area contributed by atoms with Crippen molar-refractivity contribution in [2.24, 2.45) is 5.92 Å². The summed E-state index contributed by atoms with van der Waals surface area (Å²) >= 11 is 0. The minimum Gasteiger partial charge on any atom is -0.465 e. The van der Waals surface area contributed by atoms with Gasteiger partial charge < -0.3 is 4.74 Å². The van der Waals surface area contributed by atoms with Crippen molar-refractivity contribution < 1.29 is 9.53 Å². The standard InChI is InChI=1S/C17H34O2/c1-4-6-8-9-10-11-12-14-17(18)19-15-16(3)13-7-5-2/h16H,4-15H2,1-3H3. The number of rotatable bonds is 13. The minimum absolute atomic E-state index is 0.00286. The van der Waals surface area contributed by atoms with E-state index in [1.807, 2.05) is 0 Å². The van der Waals surface area contributed by atoms with Crippen LogP contribution in [0.1, 0.15) is 91.4 Å². The number of hydrogen-bond acceptors (Lipinski definition) is 2.